The number of carboxylic acids is 1. The maximum absolute atomic E-state index is 13.0. The Morgan fingerprint density at radius 1 is 0.971 bits per heavy atom. The van der Waals surface area contributed by atoms with E-state index in [4.69, 9.17) is 9.84 Å². The summed E-state index contributed by atoms with van der Waals surface area (Å²) >= 11 is 0. The van der Waals surface area contributed by atoms with Crippen molar-refractivity contribution < 1.29 is 24.2 Å². The van der Waals surface area contributed by atoms with Crippen molar-refractivity contribution in [1.82, 2.24) is 10.2 Å². The van der Waals surface area contributed by atoms with Crippen molar-refractivity contribution in [3.63, 3.8) is 0 Å². The number of nitrogens with zero attached hydrogens (tertiary/aromatic N) is 1. The molecule has 1 saturated carbocycles. The van der Waals surface area contributed by atoms with Crippen LogP contribution in [0.25, 0.3) is 11.1 Å². The van der Waals surface area contributed by atoms with Gasteiger partial charge in [-0.05, 0) is 61.8 Å². The van der Waals surface area contributed by atoms with Gasteiger partial charge in [0, 0.05) is 30.5 Å². The minimum atomic E-state index is -0.903. The molecule has 7 nitrogen and oxygen atoms in total. The number of hydrogen-bond acceptors (Lipinski definition) is 4. The van der Waals surface area contributed by atoms with Crippen LogP contribution in [0.3, 0.4) is 0 Å². The number of hydrogen-bond donors (Lipinski definition) is 2. The highest BCUT2D eigenvalue weighted by atomic mass is 16.5. The molecule has 7 heteroatoms. The highest BCUT2D eigenvalue weighted by Gasteiger charge is 2.32. The number of fused-ring (bicyclic) bond motifs is 3. The second-order valence-electron chi connectivity index (χ2n) is 9.79. The minimum absolute atomic E-state index is 0.0147. The Bertz CT molecular complexity index is 1030. The quantitative estimate of drug-likeness (QED) is 0.568. The fourth-order valence-electron chi connectivity index (χ4n) is 5.36. The number of aliphatic carboxylic acids is 1. The van der Waals surface area contributed by atoms with Gasteiger partial charge in [0.1, 0.15) is 6.61 Å². The van der Waals surface area contributed by atoms with Crippen LogP contribution in [0.1, 0.15) is 63.0 Å². The first-order chi connectivity index (χ1) is 16.8. The molecule has 1 fully saturated rings. The van der Waals surface area contributed by atoms with Gasteiger partial charge in [-0.15, -0.1) is 0 Å². The van der Waals surface area contributed by atoms with Crippen LogP contribution in [0.15, 0.2) is 48.5 Å². The van der Waals surface area contributed by atoms with Gasteiger partial charge in [0.15, 0.2) is 0 Å². The summed E-state index contributed by atoms with van der Waals surface area (Å²) in [7, 11) is 0. The molecule has 0 radical (unpaired) electrons. The maximum Gasteiger partial charge on any atom is 0.407 e. The average Bonchev–Trinajstić information content (AvgIpc) is 3.16. The van der Waals surface area contributed by atoms with Gasteiger partial charge in [-0.2, -0.15) is 0 Å². The molecule has 0 spiro atoms. The van der Waals surface area contributed by atoms with Crippen molar-refractivity contribution in [2.45, 2.75) is 64.0 Å². The standard InChI is InChI=1S/C28H34N2O5/c1-18(2)30(16-15-26(31)32)27(33)19-11-13-20(14-12-19)29-28(34)35-17-25-23-9-5-3-7-21(23)22-8-4-6-10-24(22)25/h3-10,18-20,25H,11-17H2,1-2H3,(H,29,34)(H,31,32). The lowest BCUT2D eigenvalue weighted by Gasteiger charge is -2.34. The lowest BCUT2D eigenvalue weighted by molar-refractivity contribution is -0.141. The summed E-state index contributed by atoms with van der Waals surface area (Å²) in [6, 6.07) is 16.4. The number of carbonyl (C=O) groups is 3. The lowest BCUT2D eigenvalue weighted by atomic mass is 9.85. The maximum atomic E-state index is 13.0. The van der Waals surface area contributed by atoms with Gasteiger partial charge in [-0.1, -0.05) is 48.5 Å². The van der Waals surface area contributed by atoms with Crippen LogP contribution < -0.4 is 5.32 Å². The summed E-state index contributed by atoms with van der Waals surface area (Å²) in [5.74, 6) is -0.999. The van der Waals surface area contributed by atoms with Gasteiger partial charge in [0.2, 0.25) is 5.91 Å². The number of nitrogens with one attached hydrogen (secondary N) is 1. The molecule has 35 heavy (non-hydrogen) atoms. The number of carboxylic acid groups (broad SMARTS) is 1. The van der Waals surface area contributed by atoms with E-state index in [1.807, 2.05) is 38.1 Å². The van der Waals surface area contributed by atoms with Crippen LogP contribution in [0, 0.1) is 5.92 Å². The molecule has 0 atom stereocenters. The van der Waals surface area contributed by atoms with Gasteiger partial charge < -0.3 is 20.1 Å². The number of ether oxygens (including phenoxy) is 1. The van der Waals surface area contributed by atoms with E-state index < -0.39 is 12.1 Å². The van der Waals surface area contributed by atoms with Crippen LogP contribution in [-0.4, -0.2) is 53.2 Å². The average molecular weight is 479 g/mol. The number of amides is 2. The van der Waals surface area contributed by atoms with E-state index in [9.17, 15) is 14.4 Å². The lowest BCUT2D eigenvalue weighted by Crippen LogP contribution is -2.45. The van der Waals surface area contributed by atoms with E-state index in [-0.39, 0.29) is 49.4 Å². The highest BCUT2D eigenvalue weighted by Crippen LogP contribution is 2.44. The Labute approximate surface area is 206 Å². The molecule has 2 amide bonds. The SMILES string of the molecule is CC(C)N(CCC(=O)O)C(=O)C1CCC(NC(=O)OCC2c3ccccc3-c3ccccc32)CC1. The summed E-state index contributed by atoms with van der Waals surface area (Å²) in [6.07, 6.45) is 2.26. The van der Waals surface area contributed by atoms with E-state index in [0.717, 1.165) is 0 Å². The van der Waals surface area contributed by atoms with Crippen molar-refractivity contribution in [3.05, 3.63) is 59.7 Å². The zero-order valence-corrected chi connectivity index (χ0v) is 20.4. The van der Waals surface area contributed by atoms with E-state index >= 15 is 0 Å². The summed E-state index contributed by atoms with van der Waals surface area (Å²) < 4.78 is 5.66. The molecule has 2 aromatic rings. The second kappa shape index (κ2) is 10.9. The van der Waals surface area contributed by atoms with Crippen LogP contribution in [-0.2, 0) is 14.3 Å². The summed E-state index contributed by atoms with van der Waals surface area (Å²) in [5, 5.41) is 12.0. The van der Waals surface area contributed by atoms with E-state index in [1.54, 1.807) is 4.90 Å². The third-order valence-corrected chi connectivity index (χ3v) is 7.22. The summed E-state index contributed by atoms with van der Waals surface area (Å²) in [5.41, 5.74) is 4.74. The Kier molecular flexibility index (Phi) is 7.73. The van der Waals surface area contributed by atoms with Gasteiger partial charge >= 0.3 is 12.1 Å². The van der Waals surface area contributed by atoms with Gasteiger partial charge in [-0.3, -0.25) is 9.59 Å². The van der Waals surface area contributed by atoms with Crippen LogP contribution >= 0.6 is 0 Å². The molecular formula is C28H34N2O5. The second-order valence-corrected chi connectivity index (χ2v) is 9.79. The topological polar surface area (TPSA) is 95.9 Å². The van der Waals surface area contributed by atoms with Crippen molar-refractivity contribution in [3.8, 4) is 11.1 Å². The molecule has 2 aliphatic carbocycles. The number of benzene rings is 2. The third kappa shape index (κ3) is 5.66. The molecule has 2 aliphatic rings. The Morgan fingerprint density at radius 3 is 2.09 bits per heavy atom. The smallest absolute Gasteiger partial charge is 0.407 e. The first-order valence-electron chi connectivity index (χ1n) is 12.5. The molecule has 0 bridgehead atoms. The Balaban J connectivity index is 1.27. The first kappa shape index (κ1) is 24.8. The van der Waals surface area contributed by atoms with E-state index in [1.165, 1.54) is 22.3 Å². The van der Waals surface area contributed by atoms with E-state index in [0.29, 0.717) is 25.7 Å². The third-order valence-electron chi connectivity index (χ3n) is 7.22. The fraction of sp³-hybridized carbons (Fsp3) is 0.464. The number of alkyl carbamates (subject to hydrolysis) is 1. The molecule has 4 rings (SSSR count). The van der Waals surface area contributed by atoms with Crippen LogP contribution in [0.2, 0.25) is 0 Å². The summed E-state index contributed by atoms with van der Waals surface area (Å²) in [6.45, 7) is 4.32. The molecule has 186 valence electrons. The Morgan fingerprint density at radius 2 is 1.54 bits per heavy atom. The first-order valence-corrected chi connectivity index (χ1v) is 12.5. The summed E-state index contributed by atoms with van der Waals surface area (Å²) in [4.78, 5) is 38.1. The fourth-order valence-corrected chi connectivity index (χ4v) is 5.36. The zero-order chi connectivity index (χ0) is 24.9. The number of rotatable bonds is 8. The molecule has 0 saturated heterocycles. The van der Waals surface area contributed by atoms with E-state index in [2.05, 4.69) is 29.6 Å². The van der Waals surface area contributed by atoms with Crippen molar-refractivity contribution in [2.24, 2.45) is 5.92 Å². The van der Waals surface area contributed by atoms with Gasteiger partial charge in [0.05, 0.1) is 6.42 Å². The van der Waals surface area contributed by atoms with Crippen LogP contribution in [0.5, 0.6) is 0 Å². The van der Waals surface area contributed by atoms with Gasteiger partial charge in [0.25, 0.3) is 0 Å². The molecule has 0 aromatic heterocycles. The van der Waals surface area contributed by atoms with Crippen molar-refractivity contribution in [1.29, 1.82) is 0 Å². The molecule has 0 heterocycles. The normalized spacial score (nSPS) is 19.1. The van der Waals surface area contributed by atoms with Crippen molar-refractivity contribution >= 4 is 18.0 Å². The zero-order valence-electron chi connectivity index (χ0n) is 20.4. The molecule has 2 aromatic carbocycles. The largest absolute Gasteiger partial charge is 0.481 e. The molecular weight excluding hydrogens is 444 g/mol. The highest BCUT2D eigenvalue weighted by molar-refractivity contribution is 5.80. The predicted molar refractivity (Wildman–Crippen MR) is 133 cm³/mol. The van der Waals surface area contributed by atoms with Crippen LogP contribution in [0.4, 0.5) is 4.79 Å². The predicted octanol–water partition coefficient (Wildman–Crippen LogP) is 4.80. The van der Waals surface area contributed by atoms with Gasteiger partial charge in [-0.25, -0.2) is 4.79 Å². The Hall–Kier alpha value is -3.35. The minimum Gasteiger partial charge on any atom is -0.481 e. The molecule has 2 N–H and O–H groups in total. The number of carbonyl (C=O) groups excluding carboxylic acids is 2. The molecule has 0 aliphatic heterocycles. The van der Waals surface area contributed by atoms with Crippen molar-refractivity contribution in [2.75, 3.05) is 13.2 Å². The molecule has 0 unspecified atom stereocenters. The monoisotopic (exact) mass is 478 g/mol.